The molecule has 100 valence electrons. The summed E-state index contributed by atoms with van der Waals surface area (Å²) in [6, 6.07) is 3.27. The van der Waals surface area contributed by atoms with Gasteiger partial charge in [-0.2, -0.15) is 0 Å². The van der Waals surface area contributed by atoms with Crippen molar-refractivity contribution >= 4 is 27.5 Å². The monoisotopic (exact) mass is 334 g/mol. The van der Waals surface area contributed by atoms with Crippen LogP contribution in [0.15, 0.2) is 16.6 Å². The minimum absolute atomic E-state index is 0.00158. The summed E-state index contributed by atoms with van der Waals surface area (Å²) < 4.78 is 14.6. The molecule has 1 saturated carbocycles. The molecule has 1 aromatic carbocycles. The van der Waals surface area contributed by atoms with Gasteiger partial charge in [0, 0.05) is 16.0 Å². The molecule has 0 bridgehead atoms. The van der Waals surface area contributed by atoms with E-state index in [1.807, 2.05) is 0 Å². The van der Waals surface area contributed by atoms with Crippen LogP contribution in [0.2, 0.25) is 5.02 Å². The van der Waals surface area contributed by atoms with Crippen molar-refractivity contribution in [3.63, 3.8) is 0 Å². The Hall–Kier alpha value is -0.120. The molecule has 1 unspecified atom stereocenters. The van der Waals surface area contributed by atoms with E-state index in [0.717, 1.165) is 0 Å². The molecule has 4 heteroatoms. The van der Waals surface area contributed by atoms with Crippen molar-refractivity contribution in [3.8, 4) is 0 Å². The number of halogens is 3. The van der Waals surface area contributed by atoms with E-state index in [2.05, 4.69) is 43.6 Å². The van der Waals surface area contributed by atoms with Gasteiger partial charge >= 0.3 is 0 Å². The van der Waals surface area contributed by atoms with E-state index in [0.29, 0.717) is 4.47 Å². The van der Waals surface area contributed by atoms with E-state index < -0.39 is 11.9 Å². The van der Waals surface area contributed by atoms with Crippen LogP contribution < -0.4 is 0 Å². The van der Waals surface area contributed by atoms with Crippen molar-refractivity contribution in [2.24, 2.45) is 16.7 Å². The highest BCUT2D eigenvalue weighted by Crippen LogP contribution is 2.72. The van der Waals surface area contributed by atoms with Crippen molar-refractivity contribution in [1.82, 2.24) is 0 Å². The standard InChI is InChI=1S/C14H17BrClFO/c1-13(2)12(14(13,3)4)11(18)7-5-6-8(15)9(16)10(7)17/h5-6,11-12,18H,1-4H3. The Morgan fingerprint density at radius 2 is 1.78 bits per heavy atom. The Bertz CT molecular complexity index is 485. The summed E-state index contributed by atoms with van der Waals surface area (Å²) in [6.45, 7) is 8.39. The molecular weight excluding hydrogens is 319 g/mol. The van der Waals surface area contributed by atoms with Crippen molar-refractivity contribution in [2.75, 3.05) is 0 Å². The average Bonchev–Trinajstić information content (AvgIpc) is 2.65. The van der Waals surface area contributed by atoms with Gasteiger partial charge in [0.2, 0.25) is 0 Å². The SMILES string of the molecule is CC1(C)C(C(O)c2ccc(Br)c(Cl)c2F)C1(C)C. The first-order chi connectivity index (χ1) is 8.12. The van der Waals surface area contributed by atoms with Crippen LogP contribution in [0.1, 0.15) is 39.4 Å². The molecule has 0 saturated heterocycles. The summed E-state index contributed by atoms with van der Waals surface area (Å²) in [5.41, 5.74) is 0.281. The Morgan fingerprint density at radius 1 is 1.28 bits per heavy atom. The van der Waals surface area contributed by atoms with Crippen molar-refractivity contribution in [3.05, 3.63) is 33.0 Å². The third kappa shape index (κ3) is 1.83. The van der Waals surface area contributed by atoms with Gasteiger partial charge < -0.3 is 5.11 Å². The smallest absolute Gasteiger partial charge is 0.148 e. The van der Waals surface area contributed by atoms with Crippen molar-refractivity contribution < 1.29 is 9.50 Å². The van der Waals surface area contributed by atoms with Crippen LogP contribution in [0, 0.1) is 22.6 Å². The molecule has 1 aliphatic carbocycles. The van der Waals surface area contributed by atoms with Crippen molar-refractivity contribution in [2.45, 2.75) is 33.8 Å². The lowest BCUT2D eigenvalue weighted by atomic mass is 9.99. The molecule has 2 rings (SSSR count). The molecule has 1 nitrogen and oxygen atoms in total. The summed E-state index contributed by atoms with van der Waals surface area (Å²) in [5.74, 6) is -0.492. The summed E-state index contributed by atoms with van der Waals surface area (Å²) in [4.78, 5) is 0. The highest BCUT2D eigenvalue weighted by Gasteiger charge is 2.67. The average molecular weight is 336 g/mol. The number of hydrogen-bond donors (Lipinski definition) is 1. The van der Waals surface area contributed by atoms with Gasteiger partial charge in [0.25, 0.3) is 0 Å². The maximum atomic E-state index is 14.1. The molecular formula is C14H17BrClFO. The highest BCUT2D eigenvalue weighted by molar-refractivity contribution is 9.10. The maximum Gasteiger partial charge on any atom is 0.148 e. The fraction of sp³-hybridized carbons (Fsp3) is 0.571. The topological polar surface area (TPSA) is 20.2 Å². The Balaban J connectivity index is 2.38. The molecule has 0 radical (unpaired) electrons. The van der Waals surface area contributed by atoms with Crippen LogP contribution in [0.25, 0.3) is 0 Å². The summed E-state index contributed by atoms with van der Waals surface area (Å²) in [6.07, 6.45) is -0.819. The Labute approximate surface area is 120 Å². The lowest BCUT2D eigenvalue weighted by molar-refractivity contribution is 0.126. The summed E-state index contributed by atoms with van der Waals surface area (Å²) in [7, 11) is 0. The second-order valence-electron chi connectivity index (χ2n) is 6.13. The normalized spacial score (nSPS) is 22.9. The zero-order valence-electron chi connectivity index (χ0n) is 10.9. The third-order valence-electron chi connectivity index (χ3n) is 4.83. The van der Waals surface area contributed by atoms with Gasteiger partial charge in [-0.05, 0) is 32.8 Å². The van der Waals surface area contributed by atoms with Gasteiger partial charge in [-0.15, -0.1) is 0 Å². The molecule has 1 N–H and O–H groups in total. The minimum Gasteiger partial charge on any atom is -0.388 e. The molecule has 0 aromatic heterocycles. The molecule has 1 aliphatic rings. The molecule has 0 aliphatic heterocycles. The lowest BCUT2D eigenvalue weighted by Crippen LogP contribution is -2.08. The van der Waals surface area contributed by atoms with E-state index in [1.54, 1.807) is 12.1 Å². The fourth-order valence-corrected chi connectivity index (χ4v) is 3.46. The summed E-state index contributed by atoms with van der Waals surface area (Å²) >= 11 is 9.03. The first-order valence-electron chi connectivity index (χ1n) is 5.94. The van der Waals surface area contributed by atoms with Gasteiger partial charge in [0.15, 0.2) is 0 Å². The Kier molecular flexibility index (Phi) is 3.33. The number of aliphatic hydroxyl groups excluding tert-OH is 1. The summed E-state index contributed by atoms with van der Waals surface area (Å²) in [5, 5.41) is 10.4. The predicted octanol–water partition coefficient (Wildman–Crippen LogP) is 4.96. The van der Waals surface area contributed by atoms with Gasteiger partial charge in [-0.25, -0.2) is 4.39 Å². The zero-order valence-corrected chi connectivity index (χ0v) is 13.2. The lowest BCUT2D eigenvalue weighted by Gasteiger charge is -2.15. The van der Waals surface area contributed by atoms with Crippen molar-refractivity contribution in [1.29, 1.82) is 0 Å². The first kappa shape index (κ1) is 14.3. The van der Waals surface area contributed by atoms with Crippen LogP contribution in [0.4, 0.5) is 4.39 Å². The Morgan fingerprint density at radius 3 is 2.22 bits per heavy atom. The van der Waals surface area contributed by atoms with E-state index in [4.69, 9.17) is 11.6 Å². The first-order valence-corrected chi connectivity index (χ1v) is 7.11. The molecule has 0 spiro atoms. The van der Waals surface area contributed by atoms with Crippen LogP contribution in [-0.4, -0.2) is 5.11 Å². The maximum absolute atomic E-state index is 14.1. The molecule has 0 amide bonds. The molecule has 1 fully saturated rings. The van der Waals surface area contributed by atoms with Gasteiger partial charge in [0.1, 0.15) is 5.82 Å². The second-order valence-corrected chi connectivity index (χ2v) is 7.36. The van der Waals surface area contributed by atoms with E-state index in [-0.39, 0.29) is 27.3 Å². The second kappa shape index (κ2) is 4.19. The van der Waals surface area contributed by atoms with Gasteiger partial charge in [-0.3, -0.25) is 0 Å². The van der Waals surface area contributed by atoms with E-state index in [9.17, 15) is 9.50 Å². The van der Waals surface area contributed by atoms with Gasteiger partial charge in [-0.1, -0.05) is 45.4 Å². The zero-order chi connectivity index (χ0) is 13.9. The quantitative estimate of drug-likeness (QED) is 0.758. The molecule has 1 atom stereocenters. The van der Waals surface area contributed by atoms with Crippen LogP contribution >= 0.6 is 27.5 Å². The van der Waals surface area contributed by atoms with Crippen LogP contribution in [-0.2, 0) is 0 Å². The predicted molar refractivity (Wildman–Crippen MR) is 75.1 cm³/mol. The van der Waals surface area contributed by atoms with Crippen LogP contribution in [0.5, 0.6) is 0 Å². The third-order valence-corrected chi connectivity index (χ3v) is 6.09. The fourth-order valence-electron chi connectivity index (χ4n) is 2.99. The molecule has 0 heterocycles. The number of aliphatic hydroxyl groups is 1. The largest absolute Gasteiger partial charge is 0.388 e. The molecule has 1 aromatic rings. The van der Waals surface area contributed by atoms with Gasteiger partial charge in [0.05, 0.1) is 11.1 Å². The number of hydrogen-bond acceptors (Lipinski definition) is 1. The molecule has 18 heavy (non-hydrogen) atoms. The minimum atomic E-state index is -0.819. The van der Waals surface area contributed by atoms with E-state index in [1.165, 1.54) is 0 Å². The number of rotatable bonds is 2. The number of benzene rings is 1. The highest BCUT2D eigenvalue weighted by atomic mass is 79.9. The van der Waals surface area contributed by atoms with Crippen LogP contribution in [0.3, 0.4) is 0 Å². The van der Waals surface area contributed by atoms with E-state index >= 15 is 0 Å².